The molecule has 0 aliphatic rings. The number of methoxy groups -OCH3 is 1. The number of para-hydroxylation sites is 2. The van der Waals surface area contributed by atoms with E-state index >= 15 is 0 Å². The van der Waals surface area contributed by atoms with Crippen molar-refractivity contribution in [3.63, 3.8) is 0 Å². The maximum atomic E-state index is 12.8. The Kier molecular flexibility index (Phi) is 7.77. The summed E-state index contributed by atoms with van der Waals surface area (Å²) in [5.41, 5.74) is 3.48. The molecule has 0 aliphatic carbocycles. The SMILES string of the molecule is C=CCc1ccc(OCCCn2c(CN(C)C(=O)c3ccccn3)nc3ccccc32)c(OC)c1. The fourth-order valence-corrected chi connectivity index (χ4v) is 3.99. The molecule has 0 saturated carbocycles. The zero-order valence-corrected chi connectivity index (χ0v) is 20.2. The summed E-state index contributed by atoms with van der Waals surface area (Å²) in [6, 6.07) is 19.3. The molecule has 180 valence electrons. The van der Waals surface area contributed by atoms with Crippen molar-refractivity contribution in [1.29, 1.82) is 0 Å². The maximum Gasteiger partial charge on any atom is 0.272 e. The van der Waals surface area contributed by atoms with E-state index < -0.39 is 0 Å². The number of imidazole rings is 1. The minimum absolute atomic E-state index is 0.139. The second-order valence-electron chi connectivity index (χ2n) is 8.22. The topological polar surface area (TPSA) is 69.5 Å². The number of carbonyl (C=O) groups excluding carboxylic acids is 1. The molecular formula is C28H30N4O3. The van der Waals surface area contributed by atoms with Gasteiger partial charge in [-0.25, -0.2) is 4.98 Å². The van der Waals surface area contributed by atoms with Crippen molar-refractivity contribution in [1.82, 2.24) is 19.4 Å². The Labute approximate surface area is 205 Å². The van der Waals surface area contributed by atoms with Crippen LogP contribution in [0, 0.1) is 0 Å². The lowest BCUT2D eigenvalue weighted by Crippen LogP contribution is -2.28. The standard InChI is InChI=1S/C28H30N4O3/c1-4-10-21-14-15-25(26(19-21)34-3)35-18-9-17-32-24-13-6-5-11-22(24)30-27(32)20-31(2)28(33)23-12-7-8-16-29-23/h4-8,11-16,19H,1,9-10,17-18,20H2,2-3H3. The van der Waals surface area contributed by atoms with Gasteiger partial charge in [-0.3, -0.25) is 9.78 Å². The van der Waals surface area contributed by atoms with E-state index in [9.17, 15) is 4.79 Å². The van der Waals surface area contributed by atoms with Crippen LogP contribution in [0.2, 0.25) is 0 Å². The lowest BCUT2D eigenvalue weighted by Gasteiger charge is -2.18. The Bertz CT molecular complexity index is 1300. The molecule has 0 aliphatic heterocycles. The molecule has 0 fully saturated rings. The summed E-state index contributed by atoms with van der Waals surface area (Å²) in [5, 5.41) is 0. The average Bonchev–Trinajstić information content (AvgIpc) is 3.24. The van der Waals surface area contributed by atoms with Crippen molar-refractivity contribution in [2.24, 2.45) is 0 Å². The van der Waals surface area contributed by atoms with Crippen LogP contribution in [0.5, 0.6) is 11.5 Å². The van der Waals surface area contributed by atoms with Crippen molar-refractivity contribution in [3.8, 4) is 11.5 Å². The summed E-state index contributed by atoms with van der Waals surface area (Å²) in [7, 11) is 3.42. The van der Waals surface area contributed by atoms with Gasteiger partial charge in [0.2, 0.25) is 0 Å². The Hall–Kier alpha value is -4.13. The Morgan fingerprint density at radius 2 is 1.94 bits per heavy atom. The van der Waals surface area contributed by atoms with Crippen LogP contribution in [0.4, 0.5) is 0 Å². The molecule has 4 rings (SSSR count). The molecular weight excluding hydrogens is 440 g/mol. The minimum Gasteiger partial charge on any atom is -0.493 e. The number of aromatic nitrogens is 3. The number of allylic oxidation sites excluding steroid dienone is 1. The van der Waals surface area contributed by atoms with E-state index in [0.29, 0.717) is 31.1 Å². The molecule has 0 spiro atoms. The van der Waals surface area contributed by atoms with Crippen molar-refractivity contribution in [3.05, 3.63) is 96.6 Å². The van der Waals surface area contributed by atoms with Gasteiger partial charge in [-0.15, -0.1) is 6.58 Å². The van der Waals surface area contributed by atoms with Gasteiger partial charge < -0.3 is 18.9 Å². The Morgan fingerprint density at radius 1 is 1.11 bits per heavy atom. The highest BCUT2D eigenvalue weighted by molar-refractivity contribution is 5.92. The summed E-state index contributed by atoms with van der Waals surface area (Å²) in [4.78, 5) is 23.4. The van der Waals surface area contributed by atoms with E-state index in [1.807, 2.05) is 48.5 Å². The molecule has 1 amide bonds. The van der Waals surface area contributed by atoms with Crippen molar-refractivity contribution < 1.29 is 14.3 Å². The lowest BCUT2D eigenvalue weighted by molar-refractivity contribution is 0.0774. The quantitative estimate of drug-likeness (QED) is 0.230. The number of aryl methyl sites for hydroxylation is 1. The summed E-state index contributed by atoms with van der Waals surface area (Å²) < 4.78 is 13.7. The van der Waals surface area contributed by atoms with Gasteiger partial charge in [-0.05, 0) is 54.8 Å². The predicted octanol–water partition coefficient (Wildman–Crippen LogP) is 4.91. The van der Waals surface area contributed by atoms with Crippen LogP contribution >= 0.6 is 0 Å². The first-order valence-corrected chi connectivity index (χ1v) is 11.6. The van der Waals surface area contributed by atoms with Gasteiger partial charge in [0.05, 0.1) is 31.3 Å². The monoisotopic (exact) mass is 470 g/mol. The largest absolute Gasteiger partial charge is 0.493 e. The third kappa shape index (κ3) is 5.69. The third-order valence-corrected chi connectivity index (χ3v) is 5.73. The molecule has 2 aromatic heterocycles. The van der Waals surface area contributed by atoms with Crippen LogP contribution in [0.25, 0.3) is 11.0 Å². The first kappa shape index (κ1) is 24.0. The molecule has 7 nitrogen and oxygen atoms in total. The van der Waals surface area contributed by atoms with E-state index in [1.54, 1.807) is 37.4 Å². The highest BCUT2D eigenvalue weighted by Crippen LogP contribution is 2.28. The van der Waals surface area contributed by atoms with Crippen molar-refractivity contribution in [2.45, 2.75) is 25.9 Å². The van der Waals surface area contributed by atoms with E-state index in [0.717, 1.165) is 41.0 Å². The number of hydrogen-bond acceptors (Lipinski definition) is 5. The average molecular weight is 471 g/mol. The van der Waals surface area contributed by atoms with Gasteiger partial charge in [0, 0.05) is 19.8 Å². The first-order chi connectivity index (χ1) is 17.1. The predicted molar refractivity (Wildman–Crippen MR) is 137 cm³/mol. The van der Waals surface area contributed by atoms with Gasteiger partial charge in [0.1, 0.15) is 11.5 Å². The van der Waals surface area contributed by atoms with E-state index in [4.69, 9.17) is 14.5 Å². The number of rotatable bonds is 11. The number of nitrogens with zero attached hydrogens (tertiary/aromatic N) is 4. The molecule has 0 unspecified atom stereocenters. The van der Waals surface area contributed by atoms with Crippen molar-refractivity contribution >= 4 is 16.9 Å². The maximum absolute atomic E-state index is 12.8. The molecule has 0 radical (unpaired) electrons. The molecule has 35 heavy (non-hydrogen) atoms. The van der Waals surface area contributed by atoms with Crippen LogP contribution in [0.3, 0.4) is 0 Å². The number of ether oxygens (including phenoxy) is 2. The molecule has 0 atom stereocenters. The number of carbonyl (C=O) groups is 1. The molecule has 4 aromatic rings. The van der Waals surface area contributed by atoms with E-state index in [2.05, 4.69) is 22.2 Å². The third-order valence-electron chi connectivity index (χ3n) is 5.73. The van der Waals surface area contributed by atoms with Gasteiger partial charge in [-0.1, -0.05) is 30.3 Å². The van der Waals surface area contributed by atoms with Gasteiger partial charge in [0.15, 0.2) is 11.5 Å². The Morgan fingerprint density at radius 3 is 2.71 bits per heavy atom. The van der Waals surface area contributed by atoms with E-state index in [-0.39, 0.29) is 5.91 Å². The molecule has 0 saturated heterocycles. The Balaban J connectivity index is 1.45. The fraction of sp³-hybridized carbons (Fsp3) is 0.250. The smallest absolute Gasteiger partial charge is 0.272 e. The second kappa shape index (κ2) is 11.3. The number of hydrogen-bond donors (Lipinski definition) is 0. The molecule has 0 N–H and O–H groups in total. The fourth-order valence-electron chi connectivity index (χ4n) is 3.99. The zero-order chi connectivity index (χ0) is 24.6. The number of amides is 1. The van der Waals surface area contributed by atoms with Crippen LogP contribution < -0.4 is 9.47 Å². The molecule has 2 heterocycles. The number of benzene rings is 2. The van der Waals surface area contributed by atoms with Gasteiger partial charge in [-0.2, -0.15) is 0 Å². The molecule has 7 heteroatoms. The summed E-state index contributed by atoms with van der Waals surface area (Å²) in [5.74, 6) is 2.12. The van der Waals surface area contributed by atoms with Crippen LogP contribution in [-0.4, -0.2) is 46.1 Å². The summed E-state index contributed by atoms with van der Waals surface area (Å²) in [6.45, 7) is 5.39. The van der Waals surface area contributed by atoms with Crippen LogP contribution in [0.1, 0.15) is 28.3 Å². The van der Waals surface area contributed by atoms with E-state index in [1.165, 1.54) is 0 Å². The second-order valence-corrected chi connectivity index (χ2v) is 8.22. The summed E-state index contributed by atoms with van der Waals surface area (Å²) >= 11 is 0. The summed E-state index contributed by atoms with van der Waals surface area (Å²) in [6.07, 6.45) is 5.04. The highest BCUT2D eigenvalue weighted by atomic mass is 16.5. The normalized spacial score (nSPS) is 10.8. The highest BCUT2D eigenvalue weighted by Gasteiger charge is 2.17. The van der Waals surface area contributed by atoms with Gasteiger partial charge >= 0.3 is 0 Å². The number of fused-ring (bicyclic) bond motifs is 1. The molecule has 2 aromatic carbocycles. The van der Waals surface area contributed by atoms with Crippen molar-refractivity contribution in [2.75, 3.05) is 20.8 Å². The minimum atomic E-state index is -0.139. The zero-order valence-electron chi connectivity index (χ0n) is 20.2. The van der Waals surface area contributed by atoms with Gasteiger partial charge in [0.25, 0.3) is 5.91 Å². The number of pyridine rings is 1. The van der Waals surface area contributed by atoms with Crippen LogP contribution in [0.15, 0.2) is 79.5 Å². The lowest BCUT2D eigenvalue weighted by atomic mass is 10.1. The molecule has 0 bridgehead atoms. The first-order valence-electron chi connectivity index (χ1n) is 11.6. The van der Waals surface area contributed by atoms with Crippen LogP contribution in [-0.2, 0) is 19.5 Å².